The van der Waals surface area contributed by atoms with E-state index in [0.29, 0.717) is 38.3 Å². The van der Waals surface area contributed by atoms with Crippen molar-refractivity contribution in [1.82, 2.24) is 31.5 Å². The third-order valence-corrected chi connectivity index (χ3v) is 12.5. The van der Waals surface area contributed by atoms with E-state index in [1.807, 2.05) is 10.8 Å². The molecule has 3 fully saturated rings. The van der Waals surface area contributed by atoms with E-state index in [4.69, 9.17) is 9.47 Å². The number of aromatic nitrogens is 2. The predicted molar refractivity (Wildman–Crippen MR) is 183 cm³/mol. The molecule has 0 radical (unpaired) electrons. The second-order valence-corrected chi connectivity index (χ2v) is 15.6. The number of morpholine rings is 2. The Morgan fingerprint density at radius 1 is 0.761 bits per heavy atom. The number of ether oxygens (including phenoxy) is 2. The van der Waals surface area contributed by atoms with Crippen LogP contribution in [0.4, 0.5) is 10.3 Å². The summed E-state index contributed by atoms with van der Waals surface area (Å²) in [5.41, 5.74) is 7.18. The first-order chi connectivity index (χ1) is 22.6. The summed E-state index contributed by atoms with van der Waals surface area (Å²) in [6.45, 7) is 6.14. The van der Waals surface area contributed by atoms with Gasteiger partial charge >= 0.3 is 0 Å². The van der Waals surface area contributed by atoms with E-state index in [1.165, 1.54) is 0 Å². The zero-order chi connectivity index (χ0) is 31.3. The first-order valence-electron chi connectivity index (χ1n) is 15.7. The van der Waals surface area contributed by atoms with E-state index in [0.717, 1.165) is 83.6 Å². The largest absolute Gasteiger partial charge is 0.378 e. The van der Waals surface area contributed by atoms with Gasteiger partial charge in [-0.25, -0.2) is 9.97 Å². The van der Waals surface area contributed by atoms with E-state index in [9.17, 15) is 9.59 Å². The van der Waals surface area contributed by atoms with Gasteiger partial charge in [0, 0.05) is 48.8 Å². The number of nitrogens with zero attached hydrogens (tertiary/aromatic N) is 6. The second-order valence-electron chi connectivity index (χ2n) is 11.6. The first-order valence-corrected chi connectivity index (χ1v) is 19.2. The zero-order valence-corrected chi connectivity index (χ0v) is 28.6. The fourth-order valence-electron chi connectivity index (χ4n) is 6.01. The van der Waals surface area contributed by atoms with Gasteiger partial charge in [-0.1, -0.05) is 29.9 Å². The SMILES string of the molecule is O=C(Cc1csc(N2CCOCC2)n1)NC1NN=C(C2CCCC(C3=NNC(NC(=O)Cc4csc(N5CCOCC5)n4)S3)C2)S1. The van der Waals surface area contributed by atoms with Crippen LogP contribution in [0.3, 0.4) is 0 Å². The van der Waals surface area contributed by atoms with Crippen molar-refractivity contribution in [2.45, 2.75) is 49.5 Å². The average molecular weight is 707 g/mol. The molecule has 1 saturated carbocycles. The lowest BCUT2D eigenvalue weighted by atomic mass is 9.82. The highest BCUT2D eigenvalue weighted by atomic mass is 32.2. The summed E-state index contributed by atoms with van der Waals surface area (Å²) in [6, 6.07) is 0. The van der Waals surface area contributed by atoms with E-state index in [-0.39, 0.29) is 35.7 Å². The van der Waals surface area contributed by atoms with Crippen molar-refractivity contribution in [3.8, 4) is 0 Å². The van der Waals surface area contributed by atoms with Crippen LogP contribution in [-0.4, -0.2) is 95.5 Å². The number of nitrogens with one attached hydrogen (secondary N) is 4. The smallest absolute Gasteiger partial charge is 0.228 e. The molecule has 4 atom stereocenters. The molecule has 2 aromatic heterocycles. The number of rotatable bonds is 10. The molecular weight excluding hydrogens is 669 g/mol. The van der Waals surface area contributed by atoms with Crippen LogP contribution in [-0.2, 0) is 31.9 Å². The number of anilines is 2. The van der Waals surface area contributed by atoms with Crippen molar-refractivity contribution in [1.29, 1.82) is 0 Å². The standard InChI is InChI=1S/C28H38N10O4S4/c39-21(13-19-15-43-27(29-19)37-4-8-41-9-5-37)31-25-35-33-23(45-25)17-2-1-3-18(12-17)24-34-36-26(46-24)32-22(40)14-20-16-44-28(30-20)38-6-10-42-11-7-38/h15-18,25-26,35-36H,1-14H2,(H,31,39)(H,32,40). The predicted octanol–water partition coefficient (Wildman–Crippen LogP) is 1.96. The van der Waals surface area contributed by atoms with Crippen molar-refractivity contribution in [3.05, 3.63) is 22.1 Å². The van der Waals surface area contributed by atoms with Gasteiger partial charge in [-0.15, -0.1) is 22.7 Å². The molecule has 2 amide bonds. The quantitative estimate of drug-likeness (QED) is 0.285. The van der Waals surface area contributed by atoms with Gasteiger partial charge in [0.2, 0.25) is 11.8 Å². The third-order valence-electron chi connectivity index (χ3n) is 8.34. The lowest BCUT2D eigenvalue weighted by Crippen LogP contribution is -2.39. The molecule has 18 heteroatoms. The second kappa shape index (κ2) is 15.1. The Morgan fingerprint density at radius 3 is 1.67 bits per heavy atom. The molecular formula is C28H38N10O4S4. The molecule has 4 aliphatic heterocycles. The fraction of sp³-hybridized carbons (Fsp3) is 0.643. The molecule has 0 bridgehead atoms. The van der Waals surface area contributed by atoms with Crippen molar-refractivity contribution >= 4 is 78.4 Å². The maximum atomic E-state index is 12.8. The zero-order valence-electron chi connectivity index (χ0n) is 25.3. The van der Waals surface area contributed by atoms with Gasteiger partial charge in [-0.2, -0.15) is 10.2 Å². The van der Waals surface area contributed by atoms with Crippen molar-refractivity contribution in [2.24, 2.45) is 22.0 Å². The van der Waals surface area contributed by atoms with E-state index >= 15 is 0 Å². The topological polar surface area (TPSA) is 158 Å². The van der Waals surface area contributed by atoms with Crippen molar-refractivity contribution in [3.63, 3.8) is 0 Å². The molecule has 0 aromatic carbocycles. The first kappa shape index (κ1) is 31.9. The minimum absolute atomic E-state index is 0.0787. The molecule has 0 spiro atoms. The Labute approximate surface area is 283 Å². The van der Waals surface area contributed by atoms with Gasteiger partial charge in [0.05, 0.1) is 50.7 Å². The Bertz CT molecular complexity index is 1340. The molecule has 14 nitrogen and oxygen atoms in total. The summed E-state index contributed by atoms with van der Waals surface area (Å²) in [5.74, 6) is 0.445. The van der Waals surface area contributed by atoms with E-state index < -0.39 is 0 Å². The fourth-order valence-corrected chi connectivity index (χ4v) is 9.86. The number of carbonyl (C=O) groups is 2. The Morgan fingerprint density at radius 2 is 1.22 bits per heavy atom. The number of thioether (sulfide) groups is 2. The molecule has 1 aliphatic carbocycles. The Hall–Kier alpha value is -2.64. The number of carbonyl (C=O) groups excluding carboxylic acids is 2. The minimum atomic E-state index is -0.289. The molecule has 46 heavy (non-hydrogen) atoms. The molecule has 4 unspecified atom stereocenters. The monoisotopic (exact) mass is 706 g/mol. The van der Waals surface area contributed by atoms with Crippen LogP contribution in [0.5, 0.6) is 0 Å². The normalized spacial score (nSPS) is 26.6. The molecule has 5 aliphatic rings. The number of thiazole rings is 2. The maximum absolute atomic E-state index is 12.8. The number of amides is 2. The lowest BCUT2D eigenvalue weighted by Gasteiger charge is -2.28. The lowest BCUT2D eigenvalue weighted by molar-refractivity contribution is -0.121. The summed E-state index contributed by atoms with van der Waals surface area (Å²) < 4.78 is 10.8. The highest BCUT2D eigenvalue weighted by molar-refractivity contribution is 8.15. The third kappa shape index (κ3) is 8.07. The number of hydrogen-bond acceptors (Lipinski definition) is 16. The van der Waals surface area contributed by atoms with Crippen molar-refractivity contribution < 1.29 is 19.1 Å². The average Bonchev–Trinajstić information content (AvgIpc) is 3.91. The van der Waals surface area contributed by atoms with Gasteiger partial charge in [0.25, 0.3) is 0 Å². The summed E-state index contributed by atoms with van der Waals surface area (Å²) in [4.78, 5) is 39.3. The number of hydrogen-bond donors (Lipinski definition) is 4. The Kier molecular flexibility index (Phi) is 10.5. The van der Waals surface area contributed by atoms with Gasteiger partial charge in [-0.3, -0.25) is 20.4 Å². The van der Waals surface area contributed by atoms with Crippen LogP contribution in [0, 0.1) is 11.8 Å². The van der Waals surface area contributed by atoms with Gasteiger partial charge in [0.1, 0.15) is 10.1 Å². The van der Waals surface area contributed by atoms with Crippen LogP contribution in [0.1, 0.15) is 37.1 Å². The highest BCUT2D eigenvalue weighted by Gasteiger charge is 2.36. The maximum Gasteiger partial charge on any atom is 0.228 e. The van der Waals surface area contributed by atoms with E-state index in [2.05, 4.69) is 51.5 Å². The van der Waals surface area contributed by atoms with Gasteiger partial charge in [0.15, 0.2) is 21.3 Å². The van der Waals surface area contributed by atoms with Crippen LogP contribution in [0.25, 0.3) is 0 Å². The van der Waals surface area contributed by atoms with Crippen LogP contribution < -0.4 is 31.3 Å². The minimum Gasteiger partial charge on any atom is -0.378 e. The number of hydrazone groups is 2. The van der Waals surface area contributed by atoms with Crippen molar-refractivity contribution in [2.75, 3.05) is 62.4 Å². The molecule has 7 rings (SSSR count). The molecule has 2 aromatic rings. The van der Waals surface area contributed by atoms with Crippen LogP contribution >= 0.6 is 46.2 Å². The summed E-state index contributed by atoms with van der Waals surface area (Å²) in [5, 5.41) is 23.2. The van der Waals surface area contributed by atoms with E-state index in [1.54, 1.807) is 46.2 Å². The molecule has 4 N–H and O–H groups in total. The van der Waals surface area contributed by atoms with Gasteiger partial charge < -0.3 is 29.9 Å². The highest BCUT2D eigenvalue weighted by Crippen LogP contribution is 2.39. The summed E-state index contributed by atoms with van der Waals surface area (Å²) in [6.07, 6.45) is 4.60. The molecule has 2 saturated heterocycles. The van der Waals surface area contributed by atoms with Crippen LogP contribution in [0.2, 0.25) is 0 Å². The van der Waals surface area contributed by atoms with Crippen LogP contribution in [0.15, 0.2) is 21.0 Å². The Balaban J connectivity index is 0.829. The van der Waals surface area contributed by atoms with Gasteiger partial charge in [-0.05, 0) is 19.3 Å². The summed E-state index contributed by atoms with van der Waals surface area (Å²) >= 11 is 6.31. The molecule has 6 heterocycles. The summed E-state index contributed by atoms with van der Waals surface area (Å²) in [7, 11) is 0. The molecule has 248 valence electrons.